The molecule has 3 aromatic rings. The molecule has 0 radical (unpaired) electrons. The summed E-state index contributed by atoms with van der Waals surface area (Å²) in [6.45, 7) is 3.43. The van der Waals surface area contributed by atoms with E-state index in [1.54, 1.807) is 11.2 Å². The molecule has 2 fully saturated rings. The maximum Gasteiger partial charge on any atom is 0.250 e. The Hall–Kier alpha value is -3.01. The number of aromatic nitrogens is 1. The minimum absolute atomic E-state index is 0.116. The van der Waals surface area contributed by atoms with E-state index in [1.807, 2.05) is 12.3 Å². The number of nitrogens with two attached hydrogens (primary N) is 1. The van der Waals surface area contributed by atoms with Crippen molar-refractivity contribution in [2.24, 2.45) is 5.73 Å². The number of primary amides is 1. The van der Waals surface area contributed by atoms with Crippen LogP contribution < -0.4 is 11.1 Å². The molecule has 8 nitrogen and oxygen atoms in total. The fourth-order valence-corrected chi connectivity index (χ4v) is 6.93. The van der Waals surface area contributed by atoms with Gasteiger partial charge in [0.15, 0.2) is 0 Å². The third kappa shape index (κ3) is 5.15. The second-order valence-corrected chi connectivity index (χ2v) is 12.9. The van der Waals surface area contributed by atoms with E-state index in [4.69, 9.17) is 5.73 Å². The molecule has 1 aromatic heterocycles. The van der Waals surface area contributed by atoms with Crippen molar-refractivity contribution < 1.29 is 18.0 Å². The zero-order valence-corrected chi connectivity index (χ0v) is 22.6. The minimum Gasteiger partial charge on any atom is -0.366 e. The highest BCUT2D eigenvalue weighted by molar-refractivity contribution is 7.89. The fraction of sp³-hybridized carbons (Fsp3) is 0.448. The van der Waals surface area contributed by atoms with Crippen molar-refractivity contribution in [3.05, 3.63) is 59.3 Å². The molecule has 1 saturated carbocycles. The van der Waals surface area contributed by atoms with E-state index in [-0.39, 0.29) is 17.2 Å². The van der Waals surface area contributed by atoms with Gasteiger partial charge in [0.2, 0.25) is 10.0 Å². The molecule has 2 heterocycles. The molecule has 1 aliphatic heterocycles. The number of aromatic amines is 1. The number of piperidine rings is 1. The summed E-state index contributed by atoms with van der Waals surface area (Å²) in [5.74, 6) is -0.176. The number of rotatable bonds is 10. The molecule has 0 bridgehead atoms. The Labute approximate surface area is 224 Å². The molecule has 1 amide bonds. The number of nitrogens with one attached hydrogen (secondary N) is 2. The second kappa shape index (κ2) is 10.6. The van der Waals surface area contributed by atoms with E-state index in [2.05, 4.69) is 40.6 Å². The van der Waals surface area contributed by atoms with Crippen LogP contribution in [0.3, 0.4) is 0 Å². The zero-order valence-electron chi connectivity index (χ0n) is 21.8. The Kier molecular flexibility index (Phi) is 7.44. The lowest BCUT2D eigenvalue weighted by Crippen LogP contribution is -2.52. The molecule has 2 aromatic carbocycles. The van der Waals surface area contributed by atoms with Gasteiger partial charge in [0.1, 0.15) is 6.29 Å². The molecular formula is C29H36N4O4S. The molecule has 9 heteroatoms. The van der Waals surface area contributed by atoms with Gasteiger partial charge in [0.05, 0.1) is 22.4 Å². The van der Waals surface area contributed by atoms with Crippen LogP contribution in [0.15, 0.2) is 42.6 Å². The lowest BCUT2D eigenvalue weighted by Gasteiger charge is -2.37. The topological polar surface area (TPSA) is 125 Å². The van der Waals surface area contributed by atoms with Gasteiger partial charge in [-0.3, -0.25) is 4.79 Å². The Bertz CT molecular complexity index is 1430. The number of nitrogens with zero attached hydrogens (tertiary/aromatic N) is 1. The predicted octanol–water partition coefficient (Wildman–Crippen LogP) is 3.72. The lowest BCUT2D eigenvalue weighted by molar-refractivity contribution is -0.116. The minimum atomic E-state index is -3.19. The van der Waals surface area contributed by atoms with Crippen LogP contribution in [-0.2, 0) is 21.2 Å². The Balaban J connectivity index is 1.36. The number of hydrogen-bond acceptors (Lipinski definition) is 5. The molecular weight excluding hydrogens is 500 g/mol. The number of amides is 1. The van der Waals surface area contributed by atoms with Crippen LogP contribution in [0.25, 0.3) is 22.0 Å². The summed E-state index contributed by atoms with van der Waals surface area (Å²) >= 11 is 0. The van der Waals surface area contributed by atoms with Crippen LogP contribution >= 0.6 is 0 Å². The summed E-state index contributed by atoms with van der Waals surface area (Å²) in [6, 6.07) is 12.2. The summed E-state index contributed by atoms with van der Waals surface area (Å²) in [6.07, 6.45) is 8.22. The van der Waals surface area contributed by atoms with Crippen molar-refractivity contribution >= 4 is 33.1 Å². The van der Waals surface area contributed by atoms with Gasteiger partial charge < -0.3 is 20.8 Å². The summed E-state index contributed by atoms with van der Waals surface area (Å²) in [5.41, 5.74) is 10.8. The molecule has 1 saturated heterocycles. The van der Waals surface area contributed by atoms with Crippen LogP contribution in [0.4, 0.5) is 0 Å². The van der Waals surface area contributed by atoms with Gasteiger partial charge in [-0.05, 0) is 85.8 Å². The number of carbonyl (C=O) groups excluding carboxylic acids is 2. The summed E-state index contributed by atoms with van der Waals surface area (Å²) < 4.78 is 26.2. The average molecular weight is 537 g/mol. The highest BCUT2D eigenvalue weighted by atomic mass is 32.2. The van der Waals surface area contributed by atoms with Gasteiger partial charge in [-0.2, -0.15) is 0 Å². The highest BCUT2D eigenvalue weighted by Gasteiger charge is 2.35. The first-order chi connectivity index (χ1) is 18.2. The molecule has 5 rings (SSSR count). The maximum absolute atomic E-state index is 12.4. The SMILES string of the molecule is CCS(=O)(=O)N1CCC(c2c[nH]c3c(C(N)=O)cc(-c4ccc(CCNC5(C=O)CCC5)cc4)cc23)CC1. The zero-order chi connectivity index (χ0) is 26.9. The third-order valence-electron chi connectivity index (χ3n) is 8.39. The average Bonchev–Trinajstić information content (AvgIpc) is 3.34. The van der Waals surface area contributed by atoms with E-state index in [9.17, 15) is 18.0 Å². The van der Waals surface area contributed by atoms with E-state index < -0.39 is 15.9 Å². The summed E-state index contributed by atoms with van der Waals surface area (Å²) in [7, 11) is -3.19. The van der Waals surface area contributed by atoms with Gasteiger partial charge in [-0.15, -0.1) is 0 Å². The number of hydrogen-bond donors (Lipinski definition) is 3. The van der Waals surface area contributed by atoms with Crippen molar-refractivity contribution in [3.8, 4) is 11.1 Å². The van der Waals surface area contributed by atoms with Crippen LogP contribution in [0.2, 0.25) is 0 Å². The number of sulfonamides is 1. The summed E-state index contributed by atoms with van der Waals surface area (Å²) in [5, 5.41) is 4.37. The van der Waals surface area contributed by atoms with Crippen molar-refractivity contribution in [1.29, 1.82) is 0 Å². The molecule has 0 unspecified atom stereocenters. The molecule has 202 valence electrons. The second-order valence-electron chi connectivity index (χ2n) is 10.6. The van der Waals surface area contributed by atoms with Crippen molar-refractivity contribution in [3.63, 3.8) is 0 Å². The molecule has 4 N–H and O–H groups in total. The van der Waals surface area contributed by atoms with E-state index in [1.165, 1.54) is 5.56 Å². The van der Waals surface area contributed by atoms with Gasteiger partial charge in [-0.1, -0.05) is 24.3 Å². The maximum atomic E-state index is 12.4. The monoisotopic (exact) mass is 536 g/mol. The van der Waals surface area contributed by atoms with Crippen LogP contribution in [0, 0.1) is 0 Å². The van der Waals surface area contributed by atoms with E-state index in [0.717, 1.165) is 78.9 Å². The first-order valence-corrected chi connectivity index (χ1v) is 15.1. The Morgan fingerprint density at radius 1 is 1.16 bits per heavy atom. The van der Waals surface area contributed by atoms with E-state index in [0.29, 0.717) is 18.7 Å². The Morgan fingerprint density at radius 3 is 2.45 bits per heavy atom. The number of carbonyl (C=O) groups is 2. The normalized spacial score (nSPS) is 18.3. The largest absolute Gasteiger partial charge is 0.366 e. The lowest BCUT2D eigenvalue weighted by atomic mass is 9.78. The molecule has 2 aliphatic rings. The summed E-state index contributed by atoms with van der Waals surface area (Å²) in [4.78, 5) is 27.0. The van der Waals surface area contributed by atoms with Crippen LogP contribution in [0.1, 0.15) is 66.4 Å². The number of benzene rings is 2. The van der Waals surface area contributed by atoms with Gasteiger partial charge >= 0.3 is 0 Å². The first kappa shape index (κ1) is 26.6. The molecule has 0 spiro atoms. The molecule has 1 aliphatic carbocycles. The van der Waals surface area contributed by atoms with Crippen molar-refractivity contribution in [2.45, 2.75) is 56.9 Å². The Morgan fingerprint density at radius 2 is 1.87 bits per heavy atom. The highest BCUT2D eigenvalue weighted by Crippen LogP contribution is 2.37. The molecule has 0 atom stereocenters. The third-order valence-corrected chi connectivity index (χ3v) is 10.3. The van der Waals surface area contributed by atoms with E-state index >= 15 is 0 Å². The van der Waals surface area contributed by atoms with Crippen molar-refractivity contribution in [1.82, 2.24) is 14.6 Å². The first-order valence-electron chi connectivity index (χ1n) is 13.5. The number of H-pyrrole nitrogens is 1. The number of fused-ring (bicyclic) bond motifs is 1. The van der Waals surface area contributed by atoms with Crippen LogP contribution in [-0.4, -0.2) is 60.8 Å². The fourth-order valence-electron chi connectivity index (χ4n) is 5.79. The van der Waals surface area contributed by atoms with Gasteiger partial charge in [0, 0.05) is 31.2 Å². The van der Waals surface area contributed by atoms with Crippen LogP contribution in [0.5, 0.6) is 0 Å². The smallest absolute Gasteiger partial charge is 0.250 e. The van der Waals surface area contributed by atoms with Gasteiger partial charge in [-0.25, -0.2) is 12.7 Å². The quantitative estimate of drug-likeness (QED) is 0.341. The predicted molar refractivity (Wildman–Crippen MR) is 150 cm³/mol. The number of aldehydes is 1. The van der Waals surface area contributed by atoms with Crippen molar-refractivity contribution in [2.75, 3.05) is 25.4 Å². The molecule has 38 heavy (non-hydrogen) atoms. The van der Waals surface area contributed by atoms with Gasteiger partial charge in [0.25, 0.3) is 5.91 Å². The standard InChI is InChI=1S/C29H36N4O4S/c1-2-38(36,37)33-14-9-22(10-15-33)26-18-31-27-24(26)16-23(17-25(27)28(30)35)21-6-4-20(5-7-21)8-13-32-29(19-34)11-3-12-29/h4-7,16-19,22,31-32H,2-3,8-15H2,1H3,(H2,30,35).